The highest BCUT2D eigenvalue weighted by Gasteiger charge is 2.14. The molecule has 0 bridgehead atoms. The number of hydrogen-bond donors (Lipinski definition) is 1. The van der Waals surface area contributed by atoms with Crippen LogP contribution in [0, 0.1) is 9.39 Å². The first-order chi connectivity index (χ1) is 15.0. The number of aromatic nitrogens is 3. The maximum atomic E-state index is 13.2. The van der Waals surface area contributed by atoms with Gasteiger partial charge >= 0.3 is 0 Å². The summed E-state index contributed by atoms with van der Waals surface area (Å²) in [4.78, 5) is 16.5. The van der Waals surface area contributed by atoms with E-state index in [-0.39, 0.29) is 29.9 Å². The van der Waals surface area contributed by atoms with Crippen LogP contribution in [-0.4, -0.2) is 20.7 Å². The molecule has 0 fully saturated rings. The molecule has 4 rings (SSSR count). The van der Waals surface area contributed by atoms with E-state index in [2.05, 4.69) is 38.0 Å². The molecule has 2 heterocycles. The molecule has 158 valence electrons. The van der Waals surface area contributed by atoms with Gasteiger partial charge in [-0.25, -0.2) is 14.1 Å². The maximum Gasteiger partial charge on any atom is 0.293 e. The van der Waals surface area contributed by atoms with Crippen LogP contribution in [0.15, 0.2) is 65.3 Å². The first kappa shape index (κ1) is 21.3. The summed E-state index contributed by atoms with van der Waals surface area (Å²) in [6, 6.07) is 14.9. The normalized spacial score (nSPS) is 10.8. The summed E-state index contributed by atoms with van der Waals surface area (Å²) in [7, 11) is 0. The number of amides is 1. The molecule has 0 unspecified atom stereocenters. The lowest BCUT2D eigenvalue weighted by Gasteiger charge is -2.04. The SMILES string of the molecule is O=C(Nc1ncn(Cc2ccc(F)cc2Cl)n1)c1ccc(COc2ccc(I)cc2)o1. The monoisotopic (exact) mass is 552 g/mol. The third-order valence-corrected chi connectivity index (χ3v) is 5.26. The van der Waals surface area contributed by atoms with Crippen LogP contribution in [0.25, 0.3) is 0 Å². The zero-order chi connectivity index (χ0) is 21.8. The van der Waals surface area contributed by atoms with Crippen molar-refractivity contribution in [3.8, 4) is 5.75 Å². The van der Waals surface area contributed by atoms with E-state index in [0.717, 1.165) is 3.57 Å². The number of rotatable bonds is 7. The topological polar surface area (TPSA) is 82.2 Å². The summed E-state index contributed by atoms with van der Waals surface area (Å²) in [6.07, 6.45) is 1.44. The number of nitrogens with zero attached hydrogens (tertiary/aromatic N) is 3. The number of carbonyl (C=O) groups is 1. The number of anilines is 1. The van der Waals surface area contributed by atoms with Crippen molar-refractivity contribution in [1.29, 1.82) is 0 Å². The molecule has 0 aliphatic heterocycles. The maximum absolute atomic E-state index is 13.2. The van der Waals surface area contributed by atoms with Crippen molar-refractivity contribution in [2.75, 3.05) is 5.32 Å². The Labute approximate surface area is 195 Å². The Kier molecular flexibility index (Phi) is 6.52. The zero-order valence-corrected chi connectivity index (χ0v) is 18.8. The van der Waals surface area contributed by atoms with Gasteiger partial charge in [0.05, 0.1) is 6.54 Å². The van der Waals surface area contributed by atoms with Crippen molar-refractivity contribution >= 4 is 46.0 Å². The molecule has 4 aromatic rings. The van der Waals surface area contributed by atoms with Crippen molar-refractivity contribution < 1.29 is 18.3 Å². The second-order valence-electron chi connectivity index (χ2n) is 6.46. The fraction of sp³-hybridized carbons (Fsp3) is 0.0952. The molecule has 7 nitrogen and oxygen atoms in total. The van der Waals surface area contributed by atoms with Gasteiger partial charge in [0, 0.05) is 8.59 Å². The Morgan fingerprint density at radius 3 is 2.77 bits per heavy atom. The second-order valence-corrected chi connectivity index (χ2v) is 8.12. The van der Waals surface area contributed by atoms with E-state index in [1.54, 1.807) is 18.2 Å². The van der Waals surface area contributed by atoms with Crippen LogP contribution in [0.2, 0.25) is 5.02 Å². The molecule has 0 spiro atoms. The number of furan rings is 1. The molecule has 0 atom stereocenters. The van der Waals surface area contributed by atoms with Gasteiger partial charge in [-0.2, -0.15) is 0 Å². The van der Waals surface area contributed by atoms with Gasteiger partial charge in [0.15, 0.2) is 5.76 Å². The summed E-state index contributed by atoms with van der Waals surface area (Å²) in [5, 5.41) is 7.04. The number of nitrogens with one attached hydrogen (secondary N) is 1. The molecule has 10 heteroatoms. The van der Waals surface area contributed by atoms with E-state index in [1.807, 2.05) is 24.3 Å². The third kappa shape index (κ3) is 5.61. The molecule has 0 aliphatic rings. The van der Waals surface area contributed by atoms with Crippen molar-refractivity contribution in [3.05, 3.63) is 92.4 Å². The lowest BCUT2D eigenvalue weighted by atomic mass is 10.2. The third-order valence-electron chi connectivity index (χ3n) is 4.19. The van der Waals surface area contributed by atoms with Crippen molar-refractivity contribution in [1.82, 2.24) is 14.8 Å². The number of benzene rings is 2. The quantitative estimate of drug-likeness (QED) is 0.321. The van der Waals surface area contributed by atoms with Crippen molar-refractivity contribution in [2.45, 2.75) is 13.2 Å². The average molecular weight is 553 g/mol. The predicted octanol–water partition coefficient (Wildman–Crippen LogP) is 5.15. The van der Waals surface area contributed by atoms with Crippen LogP contribution < -0.4 is 10.1 Å². The minimum Gasteiger partial charge on any atom is -0.486 e. The minimum absolute atomic E-state index is 0.108. The molecular weight excluding hydrogens is 538 g/mol. The van der Waals surface area contributed by atoms with E-state index in [1.165, 1.54) is 23.1 Å². The molecular formula is C21H15ClFIN4O3. The van der Waals surface area contributed by atoms with Gasteiger partial charge in [-0.3, -0.25) is 10.1 Å². The van der Waals surface area contributed by atoms with E-state index < -0.39 is 11.7 Å². The highest BCUT2D eigenvalue weighted by Crippen LogP contribution is 2.19. The minimum atomic E-state index is -0.488. The Morgan fingerprint density at radius 1 is 1.19 bits per heavy atom. The number of ether oxygens (including phenoxy) is 1. The molecule has 1 amide bonds. The van der Waals surface area contributed by atoms with Crippen LogP contribution >= 0.6 is 34.2 Å². The van der Waals surface area contributed by atoms with Gasteiger partial charge in [0.25, 0.3) is 5.91 Å². The Hall–Kier alpha value is -2.92. The lowest BCUT2D eigenvalue weighted by molar-refractivity contribution is 0.0991. The average Bonchev–Trinajstić information content (AvgIpc) is 3.39. The lowest BCUT2D eigenvalue weighted by Crippen LogP contribution is -2.12. The molecule has 1 N–H and O–H groups in total. The smallest absolute Gasteiger partial charge is 0.293 e. The van der Waals surface area contributed by atoms with E-state index in [4.69, 9.17) is 20.8 Å². The predicted molar refractivity (Wildman–Crippen MR) is 121 cm³/mol. The van der Waals surface area contributed by atoms with Gasteiger partial charge in [-0.15, -0.1) is 5.10 Å². The van der Waals surface area contributed by atoms with Crippen LogP contribution in [0.3, 0.4) is 0 Å². The Morgan fingerprint density at radius 2 is 2.00 bits per heavy atom. The van der Waals surface area contributed by atoms with Crippen LogP contribution in [0.5, 0.6) is 5.75 Å². The van der Waals surface area contributed by atoms with E-state index >= 15 is 0 Å². The zero-order valence-electron chi connectivity index (χ0n) is 15.9. The Bertz CT molecular complexity index is 1210. The molecule has 2 aromatic carbocycles. The van der Waals surface area contributed by atoms with Gasteiger partial charge in [-0.1, -0.05) is 17.7 Å². The van der Waals surface area contributed by atoms with Gasteiger partial charge in [-0.05, 0) is 76.7 Å². The fourth-order valence-corrected chi connectivity index (χ4v) is 3.27. The molecule has 0 saturated heterocycles. The van der Waals surface area contributed by atoms with Gasteiger partial charge in [0.2, 0.25) is 5.95 Å². The molecule has 2 aromatic heterocycles. The summed E-state index contributed by atoms with van der Waals surface area (Å²) in [6.45, 7) is 0.474. The number of hydrogen-bond acceptors (Lipinski definition) is 5. The standard InChI is InChI=1S/C21H15ClFIN4O3/c22-18-9-14(23)2-1-13(18)10-28-12-25-21(27-28)26-20(29)19-8-7-17(31-19)11-30-16-5-3-15(24)4-6-16/h1-9,12H,10-11H2,(H,26,27,29). The van der Waals surface area contributed by atoms with Gasteiger partial charge < -0.3 is 9.15 Å². The fourth-order valence-electron chi connectivity index (χ4n) is 2.68. The van der Waals surface area contributed by atoms with Crippen molar-refractivity contribution in [2.24, 2.45) is 0 Å². The largest absolute Gasteiger partial charge is 0.486 e. The summed E-state index contributed by atoms with van der Waals surface area (Å²) in [5.74, 6) is 0.530. The van der Waals surface area contributed by atoms with Crippen LogP contribution in [-0.2, 0) is 13.2 Å². The van der Waals surface area contributed by atoms with E-state index in [9.17, 15) is 9.18 Å². The summed E-state index contributed by atoms with van der Waals surface area (Å²) in [5.41, 5.74) is 0.676. The summed E-state index contributed by atoms with van der Waals surface area (Å²) < 4.78 is 26.9. The first-order valence-corrected chi connectivity index (χ1v) is 10.5. The number of halogens is 3. The van der Waals surface area contributed by atoms with E-state index in [0.29, 0.717) is 17.1 Å². The molecule has 0 aliphatic carbocycles. The van der Waals surface area contributed by atoms with Crippen LogP contribution in [0.1, 0.15) is 21.9 Å². The highest BCUT2D eigenvalue weighted by atomic mass is 127. The number of carbonyl (C=O) groups excluding carboxylic acids is 1. The second kappa shape index (κ2) is 9.48. The Balaban J connectivity index is 1.34. The molecule has 0 radical (unpaired) electrons. The van der Waals surface area contributed by atoms with Crippen molar-refractivity contribution in [3.63, 3.8) is 0 Å². The summed E-state index contributed by atoms with van der Waals surface area (Å²) >= 11 is 8.25. The molecule has 0 saturated carbocycles. The van der Waals surface area contributed by atoms with Crippen LogP contribution in [0.4, 0.5) is 10.3 Å². The first-order valence-electron chi connectivity index (χ1n) is 9.08. The highest BCUT2D eigenvalue weighted by molar-refractivity contribution is 14.1. The van der Waals surface area contributed by atoms with Gasteiger partial charge in [0.1, 0.15) is 30.3 Å². The molecule has 31 heavy (non-hydrogen) atoms.